The average molecular weight is 306 g/mol. The molecular formula is C14H14N2O4S. The van der Waals surface area contributed by atoms with Crippen molar-refractivity contribution >= 4 is 21.9 Å². The molecule has 0 aromatic heterocycles. The van der Waals surface area contributed by atoms with Gasteiger partial charge in [-0.1, -0.05) is 0 Å². The first kappa shape index (κ1) is 15.0. The Bertz CT molecular complexity index is 768. The van der Waals surface area contributed by atoms with Gasteiger partial charge >= 0.3 is 0 Å². The molecule has 0 atom stereocenters. The van der Waals surface area contributed by atoms with Gasteiger partial charge in [0, 0.05) is 6.21 Å². The van der Waals surface area contributed by atoms with Crippen molar-refractivity contribution in [3.8, 4) is 11.5 Å². The molecule has 0 heterocycles. The van der Waals surface area contributed by atoms with Crippen molar-refractivity contribution in [1.82, 2.24) is 0 Å². The Labute approximate surface area is 122 Å². The molecule has 0 saturated carbocycles. The number of nitrogens with two attached hydrogens (primary N) is 1. The first-order chi connectivity index (χ1) is 9.90. The van der Waals surface area contributed by atoms with Gasteiger partial charge in [-0.15, -0.1) is 0 Å². The molecular weight excluding hydrogens is 292 g/mol. The zero-order valence-corrected chi connectivity index (χ0v) is 12.0. The van der Waals surface area contributed by atoms with Crippen LogP contribution in [0.5, 0.6) is 11.5 Å². The molecule has 2 aromatic carbocycles. The van der Waals surface area contributed by atoms with Crippen molar-refractivity contribution in [1.29, 1.82) is 0 Å². The van der Waals surface area contributed by atoms with E-state index in [1.165, 1.54) is 25.3 Å². The summed E-state index contributed by atoms with van der Waals surface area (Å²) in [5.74, 6) is 0.399. The minimum atomic E-state index is -3.70. The Morgan fingerprint density at radius 2 is 1.86 bits per heavy atom. The number of benzene rings is 2. The van der Waals surface area contributed by atoms with Gasteiger partial charge in [-0.25, -0.2) is 13.6 Å². The molecule has 0 amide bonds. The van der Waals surface area contributed by atoms with Crippen LogP contribution in [0.15, 0.2) is 52.4 Å². The minimum Gasteiger partial charge on any atom is -0.504 e. The lowest BCUT2D eigenvalue weighted by Crippen LogP contribution is -2.11. The van der Waals surface area contributed by atoms with Crippen LogP contribution in [0.3, 0.4) is 0 Å². The van der Waals surface area contributed by atoms with Crippen LogP contribution in [0.2, 0.25) is 0 Å². The Kier molecular flexibility index (Phi) is 4.25. The number of nitrogens with zero attached hydrogens (tertiary/aromatic N) is 1. The molecule has 0 radical (unpaired) electrons. The smallest absolute Gasteiger partial charge is 0.238 e. The van der Waals surface area contributed by atoms with E-state index in [0.29, 0.717) is 11.4 Å². The van der Waals surface area contributed by atoms with Gasteiger partial charge in [0.25, 0.3) is 0 Å². The third-order valence-corrected chi connectivity index (χ3v) is 3.66. The summed E-state index contributed by atoms with van der Waals surface area (Å²) in [4.78, 5) is 4.24. The second-order valence-electron chi connectivity index (χ2n) is 4.23. The second kappa shape index (κ2) is 5.94. The summed E-state index contributed by atoms with van der Waals surface area (Å²) in [5.41, 5.74) is 1.31. The fourth-order valence-corrected chi connectivity index (χ4v) is 2.16. The third-order valence-electron chi connectivity index (χ3n) is 2.73. The van der Waals surface area contributed by atoms with Crippen molar-refractivity contribution in [2.45, 2.75) is 4.90 Å². The maximum atomic E-state index is 11.1. The van der Waals surface area contributed by atoms with Crippen LogP contribution in [0.4, 0.5) is 5.69 Å². The quantitative estimate of drug-likeness (QED) is 0.841. The van der Waals surface area contributed by atoms with E-state index in [4.69, 9.17) is 9.88 Å². The summed E-state index contributed by atoms with van der Waals surface area (Å²) in [6.45, 7) is 0. The summed E-state index contributed by atoms with van der Waals surface area (Å²) < 4.78 is 27.3. The van der Waals surface area contributed by atoms with Gasteiger partial charge in [-0.3, -0.25) is 4.99 Å². The number of hydrogen-bond donors (Lipinski definition) is 2. The molecule has 21 heavy (non-hydrogen) atoms. The highest BCUT2D eigenvalue weighted by molar-refractivity contribution is 7.89. The van der Waals surface area contributed by atoms with Crippen LogP contribution in [0.1, 0.15) is 5.56 Å². The number of ether oxygens (including phenoxy) is 1. The van der Waals surface area contributed by atoms with Crippen LogP contribution in [0, 0.1) is 0 Å². The molecule has 0 aliphatic rings. The van der Waals surface area contributed by atoms with E-state index in [-0.39, 0.29) is 10.6 Å². The number of phenolic OH excluding ortho intramolecular Hbond substituents is 1. The van der Waals surface area contributed by atoms with E-state index in [1.807, 2.05) is 0 Å². The fourth-order valence-electron chi connectivity index (χ4n) is 1.65. The first-order valence-corrected chi connectivity index (χ1v) is 7.49. The minimum absolute atomic E-state index is 0.0350. The third kappa shape index (κ3) is 3.80. The van der Waals surface area contributed by atoms with Crippen molar-refractivity contribution < 1.29 is 18.3 Å². The predicted molar refractivity (Wildman–Crippen MR) is 79.7 cm³/mol. The molecule has 2 rings (SSSR count). The molecule has 0 spiro atoms. The van der Waals surface area contributed by atoms with Gasteiger partial charge in [0.2, 0.25) is 10.0 Å². The van der Waals surface area contributed by atoms with Crippen LogP contribution < -0.4 is 9.88 Å². The monoisotopic (exact) mass is 306 g/mol. The molecule has 0 unspecified atom stereocenters. The second-order valence-corrected chi connectivity index (χ2v) is 5.79. The summed E-state index contributed by atoms with van der Waals surface area (Å²) in [5, 5.41) is 14.5. The van der Waals surface area contributed by atoms with E-state index in [9.17, 15) is 13.5 Å². The van der Waals surface area contributed by atoms with E-state index in [1.54, 1.807) is 30.5 Å². The standard InChI is InChI=1S/C14H14N2O4S/c1-20-14-8-10(2-7-13(14)17)9-16-11-3-5-12(6-4-11)21(15,18)19/h2-9,17H,1H3,(H2,15,18,19)/b16-9+. The van der Waals surface area contributed by atoms with Gasteiger partial charge in [0.15, 0.2) is 11.5 Å². The summed E-state index contributed by atoms with van der Waals surface area (Å²) in [7, 11) is -2.24. The normalized spacial score (nSPS) is 11.7. The number of phenols is 1. The molecule has 0 aliphatic heterocycles. The lowest BCUT2D eigenvalue weighted by Gasteiger charge is -2.03. The number of primary sulfonamides is 1. The van der Waals surface area contributed by atoms with E-state index < -0.39 is 10.0 Å². The van der Waals surface area contributed by atoms with E-state index in [2.05, 4.69) is 4.99 Å². The molecule has 110 valence electrons. The molecule has 3 N–H and O–H groups in total. The molecule has 0 aliphatic carbocycles. The van der Waals surface area contributed by atoms with Gasteiger partial charge in [-0.2, -0.15) is 0 Å². The Morgan fingerprint density at radius 3 is 2.43 bits per heavy atom. The predicted octanol–water partition coefficient (Wildman–Crippen LogP) is 1.80. The molecule has 7 heteroatoms. The van der Waals surface area contributed by atoms with Crippen molar-refractivity contribution in [3.63, 3.8) is 0 Å². The molecule has 0 bridgehead atoms. The van der Waals surface area contributed by atoms with Gasteiger partial charge in [-0.05, 0) is 48.0 Å². The average Bonchev–Trinajstić information content (AvgIpc) is 2.46. The zero-order valence-electron chi connectivity index (χ0n) is 11.2. The number of hydrogen-bond acceptors (Lipinski definition) is 5. The number of aliphatic imine (C=N–C) groups is 1. The number of aromatic hydroxyl groups is 1. The Hall–Kier alpha value is -2.38. The highest BCUT2D eigenvalue weighted by Crippen LogP contribution is 2.25. The highest BCUT2D eigenvalue weighted by atomic mass is 32.2. The van der Waals surface area contributed by atoms with Crippen molar-refractivity contribution in [2.24, 2.45) is 10.1 Å². The largest absolute Gasteiger partial charge is 0.504 e. The molecule has 6 nitrogen and oxygen atoms in total. The van der Waals surface area contributed by atoms with E-state index >= 15 is 0 Å². The van der Waals surface area contributed by atoms with Gasteiger partial charge in [0.1, 0.15) is 0 Å². The molecule has 2 aromatic rings. The van der Waals surface area contributed by atoms with Gasteiger partial charge in [0.05, 0.1) is 17.7 Å². The van der Waals surface area contributed by atoms with Crippen LogP contribution >= 0.6 is 0 Å². The fraction of sp³-hybridized carbons (Fsp3) is 0.0714. The van der Waals surface area contributed by atoms with Crippen LogP contribution in [0.25, 0.3) is 0 Å². The highest BCUT2D eigenvalue weighted by Gasteiger charge is 2.06. The maximum absolute atomic E-state index is 11.1. The lowest BCUT2D eigenvalue weighted by atomic mass is 10.2. The number of methoxy groups -OCH3 is 1. The Morgan fingerprint density at radius 1 is 1.19 bits per heavy atom. The van der Waals surface area contributed by atoms with Crippen molar-refractivity contribution in [2.75, 3.05) is 7.11 Å². The first-order valence-electron chi connectivity index (χ1n) is 5.94. The number of sulfonamides is 1. The summed E-state index contributed by atoms with van der Waals surface area (Å²) in [6, 6.07) is 10.7. The maximum Gasteiger partial charge on any atom is 0.238 e. The molecule has 0 saturated heterocycles. The van der Waals surface area contributed by atoms with Crippen LogP contribution in [-0.4, -0.2) is 26.8 Å². The van der Waals surface area contributed by atoms with Gasteiger partial charge < -0.3 is 9.84 Å². The Balaban J connectivity index is 2.21. The van der Waals surface area contributed by atoms with Crippen molar-refractivity contribution in [3.05, 3.63) is 48.0 Å². The zero-order chi connectivity index (χ0) is 15.5. The van der Waals surface area contributed by atoms with E-state index in [0.717, 1.165) is 5.56 Å². The number of rotatable bonds is 4. The summed E-state index contributed by atoms with van der Waals surface area (Å²) in [6.07, 6.45) is 1.58. The van der Waals surface area contributed by atoms with Crippen LogP contribution in [-0.2, 0) is 10.0 Å². The molecule has 0 fully saturated rings. The topological polar surface area (TPSA) is 102 Å². The SMILES string of the molecule is COc1cc(/C=N/c2ccc(S(N)(=O)=O)cc2)ccc1O. The summed E-state index contributed by atoms with van der Waals surface area (Å²) >= 11 is 0. The lowest BCUT2D eigenvalue weighted by molar-refractivity contribution is 0.373.